The zero-order valence-corrected chi connectivity index (χ0v) is 11.5. The fourth-order valence-corrected chi connectivity index (χ4v) is 3.22. The quantitative estimate of drug-likeness (QED) is 0.687. The number of rotatable bonds is 4. The second-order valence-electron chi connectivity index (χ2n) is 4.75. The summed E-state index contributed by atoms with van der Waals surface area (Å²) < 4.78 is 0. The van der Waals surface area contributed by atoms with E-state index in [1.807, 2.05) is 13.0 Å². The summed E-state index contributed by atoms with van der Waals surface area (Å²) >= 11 is 1.41. The second-order valence-corrected chi connectivity index (χ2v) is 6.08. The average Bonchev–Trinajstić information content (AvgIpc) is 3.07. The number of aromatic nitrogens is 3. The molecule has 1 aliphatic carbocycles. The smallest absolute Gasteiger partial charge is 0.184 e. The van der Waals surface area contributed by atoms with Crippen LogP contribution >= 0.6 is 11.8 Å². The van der Waals surface area contributed by atoms with Gasteiger partial charge in [-0.1, -0.05) is 23.9 Å². The van der Waals surface area contributed by atoms with Crippen molar-refractivity contribution in [2.75, 3.05) is 0 Å². The Morgan fingerprint density at radius 2 is 2.21 bits per heavy atom. The SMILES string of the molecule is C[C@H](Sc1ncn[nH]1)C(=O)c1ccc2c(c1)CCC2. The molecule has 0 bridgehead atoms. The zero-order chi connectivity index (χ0) is 13.2. The van der Waals surface area contributed by atoms with Crippen LogP contribution in [0.5, 0.6) is 0 Å². The Kier molecular flexibility index (Phi) is 3.38. The van der Waals surface area contributed by atoms with Crippen LogP contribution in [0.2, 0.25) is 0 Å². The summed E-state index contributed by atoms with van der Waals surface area (Å²) in [6, 6.07) is 6.10. The molecule has 0 aliphatic heterocycles. The van der Waals surface area contributed by atoms with Gasteiger partial charge in [0, 0.05) is 5.56 Å². The van der Waals surface area contributed by atoms with E-state index < -0.39 is 0 Å². The minimum absolute atomic E-state index is 0.149. The first-order valence-electron chi connectivity index (χ1n) is 6.42. The molecule has 2 aromatic rings. The van der Waals surface area contributed by atoms with Gasteiger partial charge in [-0.2, -0.15) is 5.10 Å². The molecule has 1 aliphatic rings. The van der Waals surface area contributed by atoms with E-state index in [-0.39, 0.29) is 11.0 Å². The third-order valence-electron chi connectivity index (χ3n) is 3.43. The molecule has 0 fully saturated rings. The Morgan fingerprint density at radius 1 is 1.37 bits per heavy atom. The summed E-state index contributed by atoms with van der Waals surface area (Å²) in [5.74, 6) is 0.149. The molecule has 1 N–H and O–H groups in total. The van der Waals surface area contributed by atoms with Gasteiger partial charge in [0.25, 0.3) is 0 Å². The normalized spacial score (nSPS) is 15.2. The number of fused-ring (bicyclic) bond motifs is 1. The van der Waals surface area contributed by atoms with Gasteiger partial charge in [0.05, 0.1) is 5.25 Å². The van der Waals surface area contributed by atoms with Crippen molar-refractivity contribution in [3.05, 3.63) is 41.2 Å². The molecule has 1 heterocycles. The van der Waals surface area contributed by atoms with Gasteiger partial charge in [-0.15, -0.1) is 0 Å². The van der Waals surface area contributed by atoms with E-state index >= 15 is 0 Å². The first-order valence-corrected chi connectivity index (χ1v) is 7.30. The number of nitrogens with zero attached hydrogens (tertiary/aromatic N) is 2. The molecular formula is C14H15N3OS. The summed E-state index contributed by atoms with van der Waals surface area (Å²) in [6.45, 7) is 1.91. The van der Waals surface area contributed by atoms with Crippen molar-refractivity contribution in [3.8, 4) is 0 Å². The fourth-order valence-electron chi connectivity index (χ4n) is 2.43. The van der Waals surface area contributed by atoms with Crippen LogP contribution < -0.4 is 0 Å². The molecule has 0 amide bonds. The Labute approximate surface area is 116 Å². The molecule has 0 unspecified atom stereocenters. The number of nitrogens with one attached hydrogen (secondary N) is 1. The highest BCUT2D eigenvalue weighted by Crippen LogP contribution is 2.26. The molecule has 0 saturated carbocycles. The lowest BCUT2D eigenvalue weighted by molar-refractivity contribution is 0.0994. The molecule has 1 aromatic carbocycles. The number of carbonyl (C=O) groups excluding carboxylic acids is 1. The topological polar surface area (TPSA) is 58.6 Å². The second kappa shape index (κ2) is 5.17. The summed E-state index contributed by atoms with van der Waals surface area (Å²) in [5.41, 5.74) is 3.54. The number of H-pyrrole nitrogens is 1. The van der Waals surface area contributed by atoms with Crippen LogP contribution in [0.15, 0.2) is 29.7 Å². The predicted octanol–water partition coefficient (Wildman–Crippen LogP) is 2.66. The maximum atomic E-state index is 12.4. The molecular weight excluding hydrogens is 258 g/mol. The molecule has 0 radical (unpaired) electrons. The van der Waals surface area contributed by atoms with Crippen LogP contribution in [0, 0.1) is 0 Å². The number of thioether (sulfide) groups is 1. The zero-order valence-electron chi connectivity index (χ0n) is 10.7. The standard InChI is InChI=1S/C14H15N3OS/c1-9(19-14-15-8-16-17-14)13(18)12-6-5-10-3-2-4-11(10)7-12/h5-9H,2-4H2,1H3,(H,15,16,17)/t9-/m0/s1. The minimum atomic E-state index is -0.160. The maximum absolute atomic E-state index is 12.4. The van der Waals surface area contributed by atoms with Crippen molar-refractivity contribution < 1.29 is 4.79 Å². The predicted molar refractivity (Wildman–Crippen MR) is 74.5 cm³/mol. The van der Waals surface area contributed by atoms with E-state index in [0.717, 1.165) is 18.4 Å². The molecule has 0 saturated heterocycles. The Bertz CT molecular complexity index is 595. The monoisotopic (exact) mass is 273 g/mol. The van der Waals surface area contributed by atoms with E-state index in [1.54, 1.807) is 0 Å². The van der Waals surface area contributed by atoms with Crippen LogP contribution in [-0.2, 0) is 12.8 Å². The molecule has 3 rings (SSSR count). The summed E-state index contributed by atoms with van der Waals surface area (Å²) in [7, 11) is 0. The Morgan fingerprint density at radius 3 is 3.00 bits per heavy atom. The lowest BCUT2D eigenvalue weighted by Crippen LogP contribution is -2.14. The highest BCUT2D eigenvalue weighted by atomic mass is 32.2. The van der Waals surface area contributed by atoms with Crippen LogP contribution in [0.25, 0.3) is 0 Å². The highest BCUT2D eigenvalue weighted by molar-refractivity contribution is 8.00. The number of ketones is 1. The molecule has 19 heavy (non-hydrogen) atoms. The van der Waals surface area contributed by atoms with Gasteiger partial charge in [0.1, 0.15) is 6.33 Å². The highest BCUT2D eigenvalue weighted by Gasteiger charge is 2.20. The number of Topliss-reactive ketones (excluding diaryl/α,β-unsaturated/α-hetero) is 1. The number of aryl methyl sites for hydroxylation is 2. The molecule has 98 valence electrons. The van der Waals surface area contributed by atoms with Crippen molar-refractivity contribution >= 4 is 17.5 Å². The Balaban J connectivity index is 1.76. The number of aromatic amines is 1. The van der Waals surface area contributed by atoms with Gasteiger partial charge in [0.15, 0.2) is 10.9 Å². The third kappa shape index (κ3) is 2.56. The van der Waals surface area contributed by atoms with Crippen LogP contribution in [0.1, 0.15) is 34.8 Å². The van der Waals surface area contributed by atoms with E-state index in [1.165, 1.54) is 35.6 Å². The van der Waals surface area contributed by atoms with Crippen molar-refractivity contribution in [1.82, 2.24) is 15.2 Å². The summed E-state index contributed by atoms with van der Waals surface area (Å²) in [4.78, 5) is 16.4. The van der Waals surface area contributed by atoms with Crippen LogP contribution in [0.4, 0.5) is 0 Å². The van der Waals surface area contributed by atoms with E-state index in [4.69, 9.17) is 0 Å². The van der Waals surface area contributed by atoms with Gasteiger partial charge < -0.3 is 0 Å². The summed E-state index contributed by atoms with van der Waals surface area (Å²) in [5, 5.41) is 7.07. The number of benzene rings is 1. The van der Waals surface area contributed by atoms with Crippen molar-refractivity contribution in [2.45, 2.75) is 36.6 Å². The van der Waals surface area contributed by atoms with E-state index in [2.05, 4.69) is 27.3 Å². The van der Waals surface area contributed by atoms with Crippen molar-refractivity contribution in [2.24, 2.45) is 0 Å². The van der Waals surface area contributed by atoms with Crippen molar-refractivity contribution in [1.29, 1.82) is 0 Å². The largest absolute Gasteiger partial charge is 0.293 e. The van der Waals surface area contributed by atoms with Crippen LogP contribution in [0.3, 0.4) is 0 Å². The van der Waals surface area contributed by atoms with E-state index in [0.29, 0.717) is 5.16 Å². The minimum Gasteiger partial charge on any atom is -0.293 e. The van der Waals surface area contributed by atoms with Gasteiger partial charge in [-0.25, -0.2) is 4.98 Å². The van der Waals surface area contributed by atoms with Crippen LogP contribution in [-0.4, -0.2) is 26.2 Å². The van der Waals surface area contributed by atoms with Gasteiger partial charge in [-0.05, 0) is 43.4 Å². The lowest BCUT2D eigenvalue weighted by Gasteiger charge is -2.09. The number of hydrogen-bond acceptors (Lipinski definition) is 4. The number of carbonyl (C=O) groups is 1. The fraction of sp³-hybridized carbons (Fsp3) is 0.357. The van der Waals surface area contributed by atoms with E-state index in [9.17, 15) is 4.79 Å². The summed E-state index contributed by atoms with van der Waals surface area (Å²) in [6.07, 6.45) is 4.90. The third-order valence-corrected chi connectivity index (χ3v) is 4.42. The first kappa shape index (κ1) is 12.4. The molecule has 0 spiro atoms. The number of hydrogen-bond donors (Lipinski definition) is 1. The molecule has 1 atom stereocenters. The molecule has 1 aromatic heterocycles. The van der Waals surface area contributed by atoms with Gasteiger partial charge in [-0.3, -0.25) is 9.89 Å². The molecule has 5 heteroatoms. The van der Waals surface area contributed by atoms with Crippen molar-refractivity contribution in [3.63, 3.8) is 0 Å². The first-order chi connectivity index (χ1) is 9.24. The average molecular weight is 273 g/mol. The van der Waals surface area contributed by atoms with Gasteiger partial charge in [0.2, 0.25) is 0 Å². The maximum Gasteiger partial charge on any atom is 0.184 e. The Hall–Kier alpha value is -1.62. The lowest BCUT2D eigenvalue weighted by atomic mass is 10.0. The molecule has 4 nitrogen and oxygen atoms in total. The van der Waals surface area contributed by atoms with Gasteiger partial charge >= 0.3 is 0 Å².